The zero-order valence-electron chi connectivity index (χ0n) is 14.8. The molecular weight excluding hydrogens is 379 g/mol. The maximum absolute atomic E-state index is 3.30. The Bertz CT molecular complexity index is 844. The van der Waals surface area contributed by atoms with Crippen LogP contribution in [0, 0.1) is 20.9 Å². The van der Waals surface area contributed by atoms with Crippen molar-refractivity contribution in [2.24, 2.45) is 0 Å². The normalized spacial score (nSPS) is 10.1. The van der Waals surface area contributed by atoms with Crippen LogP contribution < -0.4 is 0 Å². The summed E-state index contributed by atoms with van der Waals surface area (Å²) in [5, 5.41) is 2.66. The van der Waals surface area contributed by atoms with E-state index in [9.17, 15) is 0 Å². The summed E-state index contributed by atoms with van der Waals surface area (Å²) >= 11 is 0. The van der Waals surface area contributed by atoms with Crippen molar-refractivity contribution in [2.75, 3.05) is 0 Å². The Balaban J connectivity index is 0.000000234. The van der Waals surface area contributed by atoms with Crippen LogP contribution in [-0.4, -0.2) is 0 Å². The van der Waals surface area contributed by atoms with E-state index in [-0.39, 0.29) is 41.1 Å². The molecule has 0 aliphatic heterocycles. The van der Waals surface area contributed by atoms with Crippen LogP contribution in [0.5, 0.6) is 0 Å². The minimum absolute atomic E-state index is 0. The first kappa shape index (κ1) is 21.2. The van der Waals surface area contributed by atoms with Crippen molar-refractivity contribution in [2.45, 2.75) is 6.42 Å². The molecule has 1 aliphatic carbocycles. The summed E-state index contributed by atoms with van der Waals surface area (Å²) in [5.74, 6) is 0. The first-order chi connectivity index (χ1) is 10.9. The average Bonchev–Trinajstić information content (AvgIpc) is 3.19. The molecule has 0 saturated heterocycles. The molecule has 0 nitrogen and oxygen atoms in total. The van der Waals surface area contributed by atoms with Gasteiger partial charge < -0.3 is 14.9 Å². The Morgan fingerprint density at radius 2 is 1.48 bits per heavy atom. The third-order valence-corrected chi connectivity index (χ3v) is 4.16. The molecule has 122 valence electrons. The maximum Gasteiger partial charge on any atom is 4.00 e. The topological polar surface area (TPSA) is 0 Å². The summed E-state index contributed by atoms with van der Waals surface area (Å²) in [6, 6.07) is 32.8. The molecule has 0 spiro atoms. The number of rotatable bonds is 0. The predicted molar refractivity (Wildman–Crippen MR) is 106 cm³/mol. The molecule has 0 saturated carbocycles. The number of hydrogen-bond donors (Lipinski definition) is 0. The van der Waals surface area contributed by atoms with Crippen LogP contribution >= 0.6 is 0 Å². The molecule has 4 aromatic carbocycles. The van der Waals surface area contributed by atoms with Crippen molar-refractivity contribution < 1.29 is 26.2 Å². The second-order valence-electron chi connectivity index (χ2n) is 5.55. The van der Waals surface area contributed by atoms with Gasteiger partial charge >= 0.3 is 26.2 Å². The molecule has 4 aromatic rings. The van der Waals surface area contributed by atoms with E-state index >= 15 is 0 Å². The Hall–Kier alpha value is -1.85. The van der Waals surface area contributed by atoms with Crippen molar-refractivity contribution in [3.63, 3.8) is 0 Å². The summed E-state index contributed by atoms with van der Waals surface area (Å²) in [6.07, 6.45) is 1.05. The number of benzene rings is 3. The maximum atomic E-state index is 3.30. The van der Waals surface area contributed by atoms with Crippen molar-refractivity contribution in [1.82, 2.24) is 0 Å². The second-order valence-corrected chi connectivity index (χ2v) is 5.55. The fourth-order valence-electron chi connectivity index (χ4n) is 3.07. The Morgan fingerprint density at radius 3 is 2.32 bits per heavy atom. The van der Waals surface area contributed by atoms with Gasteiger partial charge in [-0.25, -0.2) is 0 Å². The molecule has 5 rings (SSSR count). The van der Waals surface area contributed by atoms with Crippen LogP contribution in [0.4, 0.5) is 0 Å². The van der Waals surface area contributed by atoms with Gasteiger partial charge in [0.15, 0.2) is 0 Å². The van der Waals surface area contributed by atoms with Gasteiger partial charge in [-0.3, -0.25) is 0 Å². The van der Waals surface area contributed by atoms with Gasteiger partial charge in [0.2, 0.25) is 0 Å². The molecule has 0 fully saturated rings. The van der Waals surface area contributed by atoms with Crippen LogP contribution in [0.25, 0.3) is 21.9 Å². The molecule has 0 unspecified atom stereocenters. The molecule has 0 atom stereocenters. The molecule has 0 bridgehead atoms. The molecule has 0 aromatic heterocycles. The fraction of sp³-hybridized carbons (Fsp3) is 0.0417. The van der Waals surface area contributed by atoms with E-state index < -0.39 is 0 Å². The minimum Gasteiger partial charge on any atom is -0.358 e. The van der Waals surface area contributed by atoms with E-state index in [2.05, 4.69) is 84.9 Å². The van der Waals surface area contributed by atoms with Gasteiger partial charge in [0, 0.05) is 0 Å². The van der Waals surface area contributed by atoms with Crippen molar-refractivity contribution in [3.8, 4) is 11.1 Å². The van der Waals surface area contributed by atoms with Gasteiger partial charge in [-0.2, -0.15) is 47.3 Å². The van der Waals surface area contributed by atoms with E-state index in [1.165, 1.54) is 33.0 Å². The number of fused-ring (bicyclic) bond motifs is 4. The van der Waals surface area contributed by atoms with E-state index in [1.807, 2.05) is 6.07 Å². The second kappa shape index (κ2) is 9.59. The summed E-state index contributed by atoms with van der Waals surface area (Å²) in [6.45, 7) is 0. The van der Waals surface area contributed by atoms with E-state index in [0.29, 0.717) is 0 Å². The molecule has 0 amide bonds. The van der Waals surface area contributed by atoms with Gasteiger partial charge in [0.25, 0.3) is 0 Å². The standard InChI is InChI=1S/C13H9.C9H7.2CH3.Zr/c1-3-7-12-10(5-1)9-11-6-2-4-8-13(11)12;1-2-5-9-7-3-6-8(9)4-1;;;/h1-5,7-8H,9H2;1-7H;2*1H3;/q4*-1;+4. The Labute approximate surface area is 171 Å². The van der Waals surface area contributed by atoms with Crippen LogP contribution in [0.15, 0.2) is 84.9 Å². The van der Waals surface area contributed by atoms with Crippen LogP contribution in [0.3, 0.4) is 0 Å². The minimum atomic E-state index is 0. The van der Waals surface area contributed by atoms with Gasteiger partial charge in [-0.15, -0.1) is 35.2 Å². The summed E-state index contributed by atoms with van der Waals surface area (Å²) in [4.78, 5) is 0. The molecule has 0 heterocycles. The Morgan fingerprint density at radius 1 is 0.760 bits per heavy atom. The first-order valence-corrected chi connectivity index (χ1v) is 7.60. The SMILES string of the molecule is [CH3-].[CH3-].[Zr+4].[c-]1cccc2c1Cc1ccccc1-2.c1ccc2[cH-]ccc2c1. The third kappa shape index (κ3) is 4.41. The molecule has 25 heavy (non-hydrogen) atoms. The van der Waals surface area contributed by atoms with Gasteiger partial charge in [-0.05, 0) is 6.42 Å². The van der Waals surface area contributed by atoms with Crippen LogP contribution in [0.2, 0.25) is 0 Å². The summed E-state index contributed by atoms with van der Waals surface area (Å²) < 4.78 is 0. The van der Waals surface area contributed by atoms with Gasteiger partial charge in [0.05, 0.1) is 0 Å². The van der Waals surface area contributed by atoms with E-state index in [0.717, 1.165) is 6.42 Å². The predicted octanol–water partition coefficient (Wildman–Crippen LogP) is 6.51. The molecule has 0 N–H and O–H groups in total. The van der Waals surface area contributed by atoms with E-state index in [4.69, 9.17) is 0 Å². The molecule has 1 aliphatic rings. The summed E-state index contributed by atoms with van der Waals surface area (Å²) in [5.41, 5.74) is 5.51. The Kier molecular flexibility index (Phi) is 8.13. The largest absolute Gasteiger partial charge is 4.00 e. The van der Waals surface area contributed by atoms with Gasteiger partial charge in [-0.1, -0.05) is 41.5 Å². The fourth-order valence-corrected chi connectivity index (χ4v) is 3.07. The molecular formula is C24H22Zr. The molecule has 0 radical (unpaired) electrons. The third-order valence-electron chi connectivity index (χ3n) is 4.16. The van der Waals surface area contributed by atoms with Crippen molar-refractivity contribution in [1.29, 1.82) is 0 Å². The number of hydrogen-bond acceptors (Lipinski definition) is 0. The zero-order valence-corrected chi connectivity index (χ0v) is 17.2. The van der Waals surface area contributed by atoms with Crippen molar-refractivity contribution in [3.05, 3.63) is 117 Å². The molecule has 1 heteroatoms. The monoisotopic (exact) mass is 400 g/mol. The van der Waals surface area contributed by atoms with Crippen LogP contribution in [0.1, 0.15) is 11.1 Å². The van der Waals surface area contributed by atoms with E-state index in [1.54, 1.807) is 0 Å². The first-order valence-electron chi connectivity index (χ1n) is 7.60. The van der Waals surface area contributed by atoms with Crippen LogP contribution in [-0.2, 0) is 32.6 Å². The smallest absolute Gasteiger partial charge is 0.358 e. The van der Waals surface area contributed by atoms with Crippen molar-refractivity contribution >= 4 is 10.8 Å². The zero-order chi connectivity index (χ0) is 14.8. The average molecular weight is 402 g/mol. The van der Waals surface area contributed by atoms with Gasteiger partial charge in [0.1, 0.15) is 0 Å². The quantitative estimate of drug-likeness (QED) is 0.259. The summed E-state index contributed by atoms with van der Waals surface area (Å²) in [7, 11) is 0.